The van der Waals surface area contributed by atoms with Gasteiger partial charge in [-0.05, 0) is 37.5 Å². The van der Waals surface area contributed by atoms with Gasteiger partial charge in [-0.1, -0.05) is 25.0 Å². The van der Waals surface area contributed by atoms with Gasteiger partial charge in [0.2, 0.25) is 10.0 Å². The molecule has 0 heterocycles. The van der Waals surface area contributed by atoms with Crippen molar-refractivity contribution in [2.24, 2.45) is 0 Å². The quantitative estimate of drug-likeness (QED) is 0.776. The molecule has 22 heavy (non-hydrogen) atoms. The van der Waals surface area contributed by atoms with Gasteiger partial charge in [0.15, 0.2) is 0 Å². The second-order valence-electron chi connectivity index (χ2n) is 5.82. The van der Waals surface area contributed by atoms with Crippen LogP contribution in [0.3, 0.4) is 0 Å². The van der Waals surface area contributed by atoms with Crippen molar-refractivity contribution in [3.05, 3.63) is 29.8 Å². The van der Waals surface area contributed by atoms with Crippen LogP contribution in [0.15, 0.2) is 24.3 Å². The van der Waals surface area contributed by atoms with Gasteiger partial charge in [0.1, 0.15) is 0 Å². The maximum atomic E-state index is 12.0. The molecule has 1 aromatic rings. The Morgan fingerprint density at radius 3 is 2.59 bits per heavy atom. The maximum absolute atomic E-state index is 12.0. The number of sulfonamides is 1. The molecule has 0 bridgehead atoms. The number of urea groups is 1. The molecule has 1 aliphatic carbocycles. The largest absolute Gasteiger partial charge is 0.335 e. The van der Waals surface area contributed by atoms with Crippen molar-refractivity contribution >= 4 is 21.7 Å². The zero-order valence-electron chi connectivity index (χ0n) is 12.9. The highest BCUT2D eigenvalue weighted by molar-refractivity contribution is 7.92. The van der Waals surface area contributed by atoms with Crippen LogP contribution in [0.25, 0.3) is 0 Å². The molecule has 1 aromatic carbocycles. The third kappa shape index (κ3) is 5.22. The fourth-order valence-corrected chi connectivity index (χ4v) is 3.22. The molecule has 1 aliphatic rings. The number of hydrogen-bond donors (Lipinski definition) is 3. The molecule has 122 valence electrons. The predicted molar refractivity (Wildman–Crippen MR) is 87.2 cm³/mol. The Bertz CT molecular complexity index is 625. The van der Waals surface area contributed by atoms with Crippen LogP contribution in [0.1, 0.15) is 44.2 Å². The molecular formula is C15H23N3O3S. The first kappa shape index (κ1) is 16.6. The molecule has 1 saturated carbocycles. The molecule has 3 N–H and O–H groups in total. The van der Waals surface area contributed by atoms with Crippen LogP contribution in [0.2, 0.25) is 0 Å². The second-order valence-corrected chi connectivity index (χ2v) is 7.57. The van der Waals surface area contributed by atoms with Crippen molar-refractivity contribution in [2.45, 2.75) is 44.7 Å². The highest BCUT2D eigenvalue weighted by atomic mass is 32.2. The van der Waals surface area contributed by atoms with Gasteiger partial charge in [0.25, 0.3) is 0 Å². The summed E-state index contributed by atoms with van der Waals surface area (Å²) in [5.41, 5.74) is 1.33. The van der Waals surface area contributed by atoms with Crippen LogP contribution in [0, 0.1) is 0 Å². The van der Waals surface area contributed by atoms with Crippen molar-refractivity contribution in [3.63, 3.8) is 0 Å². The molecule has 0 radical (unpaired) electrons. The highest BCUT2D eigenvalue weighted by Crippen LogP contribution is 2.19. The summed E-state index contributed by atoms with van der Waals surface area (Å²) >= 11 is 0. The van der Waals surface area contributed by atoms with Crippen LogP contribution in [-0.2, 0) is 10.0 Å². The molecule has 7 heteroatoms. The van der Waals surface area contributed by atoms with Crippen molar-refractivity contribution in [1.82, 2.24) is 10.6 Å². The Balaban J connectivity index is 1.95. The van der Waals surface area contributed by atoms with E-state index in [1.165, 1.54) is 12.8 Å². The lowest BCUT2D eigenvalue weighted by molar-refractivity contribution is 0.234. The molecule has 1 unspecified atom stereocenters. The average Bonchev–Trinajstić information content (AvgIpc) is 2.89. The zero-order valence-corrected chi connectivity index (χ0v) is 13.7. The summed E-state index contributed by atoms with van der Waals surface area (Å²) in [6.07, 6.45) is 5.51. The van der Waals surface area contributed by atoms with E-state index in [4.69, 9.17) is 0 Å². The van der Waals surface area contributed by atoms with Crippen LogP contribution in [-0.4, -0.2) is 26.7 Å². The molecule has 1 fully saturated rings. The summed E-state index contributed by atoms with van der Waals surface area (Å²) in [6.45, 7) is 1.87. The molecule has 1 atom stereocenters. The van der Waals surface area contributed by atoms with E-state index in [9.17, 15) is 13.2 Å². The Morgan fingerprint density at radius 1 is 1.27 bits per heavy atom. The van der Waals surface area contributed by atoms with Crippen LogP contribution in [0.5, 0.6) is 0 Å². The lowest BCUT2D eigenvalue weighted by Gasteiger charge is -2.18. The molecule has 0 aliphatic heterocycles. The Labute approximate surface area is 131 Å². The van der Waals surface area contributed by atoms with Crippen LogP contribution < -0.4 is 15.4 Å². The van der Waals surface area contributed by atoms with Gasteiger partial charge in [0, 0.05) is 11.7 Å². The van der Waals surface area contributed by atoms with Gasteiger partial charge >= 0.3 is 6.03 Å². The Morgan fingerprint density at radius 2 is 1.95 bits per heavy atom. The van der Waals surface area contributed by atoms with Gasteiger partial charge in [-0.3, -0.25) is 4.72 Å². The lowest BCUT2D eigenvalue weighted by atomic mass is 10.1. The minimum atomic E-state index is -3.31. The van der Waals surface area contributed by atoms with Crippen LogP contribution in [0.4, 0.5) is 10.5 Å². The standard InChI is InChI=1S/C15H23N3O3S/c1-11(16-15(19)17-13-7-3-4-8-13)12-6-5-9-14(10-12)18-22(2,20)21/h5-6,9-11,13,18H,3-4,7-8H2,1-2H3,(H2,16,17,19). The SMILES string of the molecule is CC(NC(=O)NC1CCCC1)c1cccc(NS(C)(=O)=O)c1. The van der Waals surface area contributed by atoms with Crippen molar-refractivity contribution in [3.8, 4) is 0 Å². The van der Waals surface area contributed by atoms with Gasteiger partial charge in [-0.25, -0.2) is 13.2 Å². The summed E-state index contributed by atoms with van der Waals surface area (Å²) in [5.74, 6) is 0. The van der Waals surface area contributed by atoms with E-state index in [2.05, 4.69) is 15.4 Å². The van der Waals surface area contributed by atoms with E-state index in [0.29, 0.717) is 5.69 Å². The summed E-state index contributed by atoms with van der Waals surface area (Å²) in [6, 6.07) is 6.90. The topological polar surface area (TPSA) is 87.3 Å². The summed E-state index contributed by atoms with van der Waals surface area (Å²) in [5, 5.41) is 5.86. The van der Waals surface area contributed by atoms with E-state index in [1.54, 1.807) is 18.2 Å². The molecule has 2 rings (SSSR count). The number of rotatable bonds is 5. The highest BCUT2D eigenvalue weighted by Gasteiger charge is 2.18. The minimum Gasteiger partial charge on any atom is -0.335 e. The first-order chi connectivity index (χ1) is 10.3. The number of amides is 2. The number of carbonyl (C=O) groups is 1. The van der Waals surface area contributed by atoms with Crippen molar-refractivity contribution < 1.29 is 13.2 Å². The third-order valence-electron chi connectivity index (χ3n) is 3.73. The number of carbonyl (C=O) groups excluding carboxylic acids is 1. The van der Waals surface area contributed by atoms with Crippen LogP contribution >= 0.6 is 0 Å². The van der Waals surface area contributed by atoms with Gasteiger partial charge < -0.3 is 10.6 Å². The Kier molecular flexibility index (Phi) is 5.28. The first-order valence-electron chi connectivity index (χ1n) is 7.48. The summed E-state index contributed by atoms with van der Waals surface area (Å²) < 4.78 is 25.0. The number of benzene rings is 1. The summed E-state index contributed by atoms with van der Waals surface area (Å²) in [4.78, 5) is 12.0. The number of nitrogens with one attached hydrogen (secondary N) is 3. The fraction of sp³-hybridized carbons (Fsp3) is 0.533. The number of anilines is 1. The Hall–Kier alpha value is -1.76. The van der Waals surface area contributed by atoms with E-state index < -0.39 is 10.0 Å². The lowest BCUT2D eigenvalue weighted by Crippen LogP contribution is -2.41. The average molecular weight is 325 g/mol. The first-order valence-corrected chi connectivity index (χ1v) is 9.37. The molecule has 0 aromatic heterocycles. The second kappa shape index (κ2) is 7.00. The molecule has 0 spiro atoms. The molecule has 6 nitrogen and oxygen atoms in total. The van der Waals surface area contributed by atoms with Gasteiger partial charge in [-0.2, -0.15) is 0 Å². The smallest absolute Gasteiger partial charge is 0.315 e. The van der Waals surface area contributed by atoms with E-state index >= 15 is 0 Å². The van der Waals surface area contributed by atoms with Crippen molar-refractivity contribution in [1.29, 1.82) is 0 Å². The third-order valence-corrected chi connectivity index (χ3v) is 4.33. The van der Waals surface area contributed by atoms with Gasteiger partial charge in [0.05, 0.1) is 12.3 Å². The van der Waals surface area contributed by atoms with E-state index in [-0.39, 0.29) is 18.1 Å². The molecule has 2 amide bonds. The predicted octanol–water partition coefficient (Wildman–Crippen LogP) is 2.36. The normalized spacial score (nSPS) is 17.0. The zero-order chi connectivity index (χ0) is 16.2. The fourth-order valence-electron chi connectivity index (χ4n) is 2.66. The summed E-state index contributed by atoms with van der Waals surface area (Å²) in [7, 11) is -3.31. The maximum Gasteiger partial charge on any atom is 0.315 e. The monoisotopic (exact) mass is 325 g/mol. The van der Waals surface area contributed by atoms with Gasteiger partial charge in [-0.15, -0.1) is 0 Å². The van der Waals surface area contributed by atoms with E-state index in [1.807, 2.05) is 13.0 Å². The molecule has 0 saturated heterocycles. The van der Waals surface area contributed by atoms with Crippen molar-refractivity contribution in [2.75, 3.05) is 11.0 Å². The number of hydrogen-bond acceptors (Lipinski definition) is 3. The van der Waals surface area contributed by atoms with E-state index in [0.717, 1.165) is 24.7 Å². The minimum absolute atomic E-state index is 0.180. The molecular weight excluding hydrogens is 302 g/mol.